The summed E-state index contributed by atoms with van der Waals surface area (Å²) in [5.74, 6) is 0.584. The summed E-state index contributed by atoms with van der Waals surface area (Å²) in [5, 5.41) is 10.2. The van der Waals surface area contributed by atoms with Crippen LogP contribution in [0.2, 0.25) is 0 Å². The Hall–Kier alpha value is -1.24. The minimum absolute atomic E-state index is 0.0531. The molecule has 0 radical (unpaired) electrons. The van der Waals surface area contributed by atoms with Gasteiger partial charge in [0.05, 0.1) is 5.75 Å². The molecule has 0 aliphatic carbocycles. The fraction of sp³-hybridized carbons (Fsp3) is 0.750. The fourth-order valence-corrected chi connectivity index (χ4v) is 2.03. The molecule has 0 aromatic heterocycles. The van der Waals surface area contributed by atoms with Gasteiger partial charge >= 0.3 is 0 Å². The molecule has 0 rings (SSSR count). The van der Waals surface area contributed by atoms with Gasteiger partial charge in [-0.1, -0.05) is 38.5 Å². The second-order valence-corrected chi connectivity index (χ2v) is 5.89. The number of carbonyl (C=O) groups is 1. The smallest absolute Gasteiger partial charge is 0.230 e. The molecular formula is C12H25N5OS. The highest BCUT2D eigenvalue weighted by Gasteiger charge is 2.09. The van der Waals surface area contributed by atoms with Gasteiger partial charge in [0.1, 0.15) is 0 Å². The normalized spacial score (nSPS) is 12.0. The van der Waals surface area contributed by atoms with Crippen molar-refractivity contribution >= 4 is 28.8 Å². The van der Waals surface area contributed by atoms with Crippen LogP contribution in [0.15, 0.2) is 4.99 Å². The van der Waals surface area contributed by atoms with Gasteiger partial charge in [-0.25, -0.2) is 0 Å². The van der Waals surface area contributed by atoms with E-state index in [0.29, 0.717) is 5.92 Å². The average molecular weight is 287 g/mol. The zero-order valence-corrected chi connectivity index (χ0v) is 12.7. The Labute approximate surface area is 119 Å². The molecule has 0 bridgehead atoms. The molecule has 6 N–H and O–H groups in total. The molecule has 1 unspecified atom stereocenters. The van der Waals surface area contributed by atoms with Gasteiger partial charge < -0.3 is 16.8 Å². The molecule has 0 aliphatic heterocycles. The fourth-order valence-electron chi connectivity index (χ4n) is 1.50. The lowest BCUT2D eigenvalue weighted by atomic mass is 10.0. The molecule has 1 amide bonds. The van der Waals surface area contributed by atoms with Crippen molar-refractivity contribution < 1.29 is 4.79 Å². The van der Waals surface area contributed by atoms with Gasteiger partial charge in [0, 0.05) is 6.04 Å². The first-order valence-electron chi connectivity index (χ1n) is 6.41. The maximum Gasteiger partial charge on any atom is 0.230 e. The Bertz CT molecular complexity index is 326. The number of amides is 1. The van der Waals surface area contributed by atoms with Gasteiger partial charge in [0.15, 0.2) is 11.1 Å². The summed E-state index contributed by atoms with van der Waals surface area (Å²) < 4.78 is 0. The van der Waals surface area contributed by atoms with Gasteiger partial charge in [-0.3, -0.25) is 10.2 Å². The van der Waals surface area contributed by atoms with Gasteiger partial charge in [-0.15, -0.1) is 0 Å². The van der Waals surface area contributed by atoms with Crippen LogP contribution in [0.4, 0.5) is 0 Å². The number of hydrogen-bond donors (Lipinski definition) is 4. The van der Waals surface area contributed by atoms with Crippen LogP contribution in [-0.2, 0) is 4.79 Å². The Kier molecular flexibility index (Phi) is 9.03. The highest BCUT2D eigenvalue weighted by Crippen LogP contribution is 2.09. The maximum atomic E-state index is 11.6. The van der Waals surface area contributed by atoms with E-state index in [4.69, 9.17) is 16.9 Å². The van der Waals surface area contributed by atoms with Gasteiger partial charge in [-0.05, 0) is 19.3 Å². The van der Waals surface area contributed by atoms with Crippen molar-refractivity contribution in [2.24, 2.45) is 22.4 Å². The molecule has 0 heterocycles. The molecular weight excluding hydrogens is 262 g/mol. The predicted octanol–water partition coefficient (Wildman–Crippen LogP) is 1.26. The first kappa shape index (κ1) is 17.8. The average Bonchev–Trinajstić information content (AvgIpc) is 2.24. The first-order valence-corrected chi connectivity index (χ1v) is 7.40. The van der Waals surface area contributed by atoms with Crippen molar-refractivity contribution in [2.75, 3.05) is 5.75 Å². The monoisotopic (exact) mass is 287 g/mol. The SMILES string of the molecule is CC(C)CCCC(C)NC(=O)CSC(=N)N=C(N)N. The van der Waals surface area contributed by atoms with Crippen molar-refractivity contribution in [1.29, 1.82) is 5.41 Å². The van der Waals surface area contributed by atoms with Gasteiger partial charge in [0.2, 0.25) is 5.91 Å². The van der Waals surface area contributed by atoms with E-state index in [9.17, 15) is 4.79 Å². The molecule has 0 aromatic carbocycles. The first-order chi connectivity index (χ1) is 8.81. The van der Waals surface area contributed by atoms with Crippen molar-refractivity contribution in [1.82, 2.24) is 5.32 Å². The van der Waals surface area contributed by atoms with E-state index < -0.39 is 0 Å². The van der Waals surface area contributed by atoms with Crippen LogP contribution in [0, 0.1) is 11.3 Å². The number of aliphatic imine (C=N–C) groups is 1. The molecule has 6 nitrogen and oxygen atoms in total. The summed E-state index contributed by atoms with van der Waals surface area (Å²) in [6.07, 6.45) is 3.25. The molecule has 110 valence electrons. The highest BCUT2D eigenvalue weighted by atomic mass is 32.2. The third-order valence-corrected chi connectivity index (χ3v) is 3.17. The van der Waals surface area contributed by atoms with E-state index in [0.717, 1.165) is 24.6 Å². The topological polar surface area (TPSA) is 117 Å². The molecule has 7 heteroatoms. The second-order valence-electron chi connectivity index (χ2n) is 4.92. The quantitative estimate of drug-likeness (QED) is 0.416. The lowest BCUT2D eigenvalue weighted by molar-refractivity contribution is -0.119. The molecule has 0 saturated carbocycles. The Balaban J connectivity index is 3.79. The van der Waals surface area contributed by atoms with Crippen LogP contribution in [0.5, 0.6) is 0 Å². The summed E-state index contributed by atoms with van der Waals surface area (Å²) in [6, 6.07) is 0.157. The van der Waals surface area contributed by atoms with E-state index in [2.05, 4.69) is 24.2 Å². The Morgan fingerprint density at radius 3 is 2.47 bits per heavy atom. The van der Waals surface area contributed by atoms with E-state index in [1.165, 1.54) is 6.42 Å². The van der Waals surface area contributed by atoms with Gasteiger partial charge in [-0.2, -0.15) is 4.99 Å². The van der Waals surface area contributed by atoms with E-state index in [1.807, 2.05) is 6.92 Å². The molecule has 19 heavy (non-hydrogen) atoms. The van der Waals surface area contributed by atoms with Crippen LogP contribution < -0.4 is 16.8 Å². The molecule has 0 aliphatic rings. The van der Waals surface area contributed by atoms with Crippen LogP contribution >= 0.6 is 11.8 Å². The third-order valence-electron chi connectivity index (χ3n) is 2.40. The predicted molar refractivity (Wildman–Crippen MR) is 82.3 cm³/mol. The zero-order valence-electron chi connectivity index (χ0n) is 11.9. The number of hydrogen-bond acceptors (Lipinski definition) is 3. The largest absolute Gasteiger partial charge is 0.370 e. The summed E-state index contributed by atoms with van der Waals surface area (Å²) in [4.78, 5) is 15.1. The lowest BCUT2D eigenvalue weighted by Crippen LogP contribution is -2.34. The Morgan fingerprint density at radius 1 is 1.32 bits per heavy atom. The summed E-state index contributed by atoms with van der Waals surface area (Å²) >= 11 is 1.01. The van der Waals surface area contributed by atoms with Crippen molar-refractivity contribution in [2.45, 2.75) is 46.1 Å². The number of amidine groups is 1. The van der Waals surface area contributed by atoms with Gasteiger partial charge in [0.25, 0.3) is 0 Å². The number of guanidine groups is 1. The molecule has 0 fully saturated rings. The van der Waals surface area contributed by atoms with E-state index in [1.54, 1.807) is 0 Å². The summed E-state index contributed by atoms with van der Waals surface area (Å²) in [5.41, 5.74) is 10.3. The standard InChI is InChI=1S/C12H25N5OS/c1-8(2)5-4-6-9(3)16-10(18)7-19-12(15)17-11(13)14/h8-9H,4-7H2,1-3H3,(H,16,18)(H5,13,14,15,17). The summed E-state index contributed by atoms with van der Waals surface area (Å²) in [7, 11) is 0. The minimum atomic E-state index is -0.167. The van der Waals surface area contributed by atoms with Crippen LogP contribution in [-0.4, -0.2) is 28.8 Å². The minimum Gasteiger partial charge on any atom is -0.370 e. The molecule has 0 aromatic rings. The molecule has 1 atom stereocenters. The second kappa shape index (κ2) is 9.66. The highest BCUT2D eigenvalue weighted by molar-refractivity contribution is 8.14. The molecule has 0 saturated heterocycles. The number of nitrogens with one attached hydrogen (secondary N) is 2. The van der Waals surface area contributed by atoms with Crippen LogP contribution in [0.3, 0.4) is 0 Å². The summed E-state index contributed by atoms with van der Waals surface area (Å²) in [6.45, 7) is 6.37. The van der Waals surface area contributed by atoms with Crippen LogP contribution in [0.1, 0.15) is 40.0 Å². The van der Waals surface area contributed by atoms with Crippen molar-refractivity contribution in [3.8, 4) is 0 Å². The van der Waals surface area contributed by atoms with Crippen molar-refractivity contribution in [3.05, 3.63) is 0 Å². The van der Waals surface area contributed by atoms with Crippen molar-refractivity contribution in [3.63, 3.8) is 0 Å². The number of nitrogens with two attached hydrogens (primary N) is 2. The number of carbonyl (C=O) groups excluding carboxylic acids is 1. The maximum absolute atomic E-state index is 11.6. The van der Waals surface area contributed by atoms with E-state index >= 15 is 0 Å². The molecule has 0 spiro atoms. The number of thioether (sulfide) groups is 1. The van der Waals surface area contributed by atoms with Crippen LogP contribution in [0.25, 0.3) is 0 Å². The number of nitrogens with zero attached hydrogens (tertiary/aromatic N) is 1. The number of rotatable bonds is 7. The Morgan fingerprint density at radius 2 is 1.95 bits per heavy atom. The lowest BCUT2D eigenvalue weighted by Gasteiger charge is -2.14. The van der Waals surface area contributed by atoms with E-state index in [-0.39, 0.29) is 28.8 Å². The third kappa shape index (κ3) is 11.6. The zero-order chi connectivity index (χ0) is 14.8.